The standard InChI is InChI=1S/C18H20ClFN2O3S/c1-26(24,25)22(15-8-9-17(20)16(19)13-15)12-11-21-18(23)10-7-14-5-3-2-4-6-14/h2-6,8-9,13H,7,10-12H2,1H3,(H,21,23). The molecule has 0 spiro atoms. The third kappa shape index (κ3) is 6.00. The summed E-state index contributed by atoms with van der Waals surface area (Å²) in [5, 5.41) is 2.54. The number of halogens is 2. The van der Waals surface area contributed by atoms with Gasteiger partial charge in [-0.15, -0.1) is 0 Å². The highest BCUT2D eigenvalue weighted by molar-refractivity contribution is 7.92. The maximum absolute atomic E-state index is 13.3. The Balaban J connectivity index is 1.91. The number of amides is 1. The molecule has 0 aromatic heterocycles. The number of hydrogen-bond donors (Lipinski definition) is 1. The van der Waals surface area contributed by atoms with Gasteiger partial charge in [-0.05, 0) is 30.2 Å². The van der Waals surface area contributed by atoms with E-state index < -0.39 is 15.8 Å². The average Bonchev–Trinajstić information content (AvgIpc) is 2.59. The van der Waals surface area contributed by atoms with Gasteiger partial charge in [0.1, 0.15) is 5.82 Å². The first-order valence-electron chi connectivity index (χ1n) is 8.01. The first-order chi connectivity index (χ1) is 12.3. The van der Waals surface area contributed by atoms with Gasteiger partial charge in [0.15, 0.2) is 0 Å². The number of aryl methyl sites for hydroxylation is 1. The molecule has 0 aliphatic rings. The van der Waals surface area contributed by atoms with E-state index in [2.05, 4.69) is 5.32 Å². The van der Waals surface area contributed by atoms with Gasteiger partial charge < -0.3 is 5.32 Å². The van der Waals surface area contributed by atoms with Crippen LogP contribution in [0.3, 0.4) is 0 Å². The van der Waals surface area contributed by atoms with Crippen molar-refractivity contribution in [1.29, 1.82) is 0 Å². The van der Waals surface area contributed by atoms with Gasteiger partial charge in [-0.25, -0.2) is 12.8 Å². The molecule has 0 unspecified atom stereocenters. The molecule has 0 aliphatic heterocycles. The van der Waals surface area contributed by atoms with Crippen LogP contribution in [0.4, 0.5) is 10.1 Å². The Morgan fingerprint density at radius 1 is 1.19 bits per heavy atom. The molecule has 0 fully saturated rings. The fraction of sp³-hybridized carbons (Fsp3) is 0.278. The Morgan fingerprint density at radius 2 is 1.88 bits per heavy atom. The first kappa shape index (κ1) is 20.2. The van der Waals surface area contributed by atoms with Crippen molar-refractivity contribution in [2.75, 3.05) is 23.7 Å². The molecule has 1 amide bonds. The van der Waals surface area contributed by atoms with Gasteiger partial charge in [-0.2, -0.15) is 0 Å². The van der Waals surface area contributed by atoms with Crippen molar-refractivity contribution in [2.24, 2.45) is 0 Å². The molecule has 2 rings (SSSR count). The van der Waals surface area contributed by atoms with E-state index in [-0.39, 0.29) is 29.7 Å². The molecular formula is C18H20ClFN2O3S. The Morgan fingerprint density at radius 3 is 2.50 bits per heavy atom. The van der Waals surface area contributed by atoms with Gasteiger partial charge in [0.05, 0.1) is 23.5 Å². The average molecular weight is 399 g/mol. The molecule has 0 bridgehead atoms. The monoisotopic (exact) mass is 398 g/mol. The van der Waals surface area contributed by atoms with Crippen molar-refractivity contribution in [3.8, 4) is 0 Å². The summed E-state index contributed by atoms with van der Waals surface area (Å²) in [6, 6.07) is 13.3. The molecule has 0 heterocycles. The topological polar surface area (TPSA) is 66.5 Å². The second-order valence-electron chi connectivity index (χ2n) is 5.77. The summed E-state index contributed by atoms with van der Waals surface area (Å²) >= 11 is 5.73. The number of hydrogen-bond acceptors (Lipinski definition) is 3. The third-order valence-electron chi connectivity index (χ3n) is 3.71. The summed E-state index contributed by atoms with van der Waals surface area (Å²) < 4.78 is 38.3. The van der Waals surface area contributed by atoms with E-state index in [1.807, 2.05) is 30.3 Å². The van der Waals surface area contributed by atoms with Crippen LogP contribution >= 0.6 is 11.6 Å². The quantitative estimate of drug-likeness (QED) is 0.743. The van der Waals surface area contributed by atoms with Crippen LogP contribution in [-0.4, -0.2) is 33.7 Å². The lowest BCUT2D eigenvalue weighted by Crippen LogP contribution is -2.38. The van der Waals surface area contributed by atoms with Gasteiger partial charge >= 0.3 is 0 Å². The largest absolute Gasteiger partial charge is 0.354 e. The van der Waals surface area contributed by atoms with Crippen molar-refractivity contribution in [3.63, 3.8) is 0 Å². The Hall–Kier alpha value is -2.12. The predicted molar refractivity (Wildman–Crippen MR) is 101 cm³/mol. The first-order valence-corrected chi connectivity index (χ1v) is 10.2. The van der Waals surface area contributed by atoms with Crippen molar-refractivity contribution < 1.29 is 17.6 Å². The summed E-state index contributed by atoms with van der Waals surface area (Å²) in [6.07, 6.45) is 1.96. The van der Waals surface area contributed by atoms with Crippen LogP contribution < -0.4 is 9.62 Å². The fourth-order valence-corrected chi connectivity index (χ4v) is 3.51. The molecule has 2 aromatic rings. The maximum atomic E-state index is 13.3. The van der Waals surface area contributed by atoms with Crippen LogP contribution in [0.25, 0.3) is 0 Å². The zero-order valence-electron chi connectivity index (χ0n) is 14.3. The van der Waals surface area contributed by atoms with Crippen LogP contribution in [0.1, 0.15) is 12.0 Å². The molecule has 0 radical (unpaired) electrons. The summed E-state index contributed by atoms with van der Waals surface area (Å²) in [7, 11) is -3.60. The predicted octanol–water partition coefficient (Wildman–Crippen LogP) is 2.99. The van der Waals surface area contributed by atoms with Crippen LogP contribution in [0, 0.1) is 5.82 Å². The highest BCUT2D eigenvalue weighted by Gasteiger charge is 2.18. The lowest BCUT2D eigenvalue weighted by atomic mass is 10.1. The molecule has 140 valence electrons. The van der Waals surface area contributed by atoms with Gasteiger partial charge in [0, 0.05) is 13.0 Å². The SMILES string of the molecule is CS(=O)(=O)N(CCNC(=O)CCc1ccccc1)c1ccc(F)c(Cl)c1. The van der Waals surface area contributed by atoms with Gasteiger partial charge in [-0.3, -0.25) is 9.10 Å². The zero-order chi connectivity index (χ0) is 19.2. The van der Waals surface area contributed by atoms with E-state index in [1.54, 1.807) is 0 Å². The highest BCUT2D eigenvalue weighted by Crippen LogP contribution is 2.24. The summed E-state index contributed by atoms with van der Waals surface area (Å²) in [6.45, 7) is 0.160. The van der Waals surface area contributed by atoms with E-state index in [0.29, 0.717) is 12.8 Å². The van der Waals surface area contributed by atoms with E-state index in [9.17, 15) is 17.6 Å². The Labute approximate surface area is 157 Å². The number of anilines is 1. The van der Waals surface area contributed by atoms with Crippen molar-refractivity contribution in [2.45, 2.75) is 12.8 Å². The number of benzene rings is 2. The number of carbonyl (C=O) groups excluding carboxylic acids is 1. The molecule has 0 saturated carbocycles. The smallest absolute Gasteiger partial charge is 0.232 e. The minimum absolute atomic E-state index is 0.0257. The van der Waals surface area contributed by atoms with Crippen LogP contribution in [0.5, 0.6) is 0 Å². The molecule has 0 aliphatic carbocycles. The van der Waals surface area contributed by atoms with Crippen molar-refractivity contribution in [3.05, 3.63) is 64.9 Å². The van der Waals surface area contributed by atoms with E-state index >= 15 is 0 Å². The molecule has 26 heavy (non-hydrogen) atoms. The summed E-state index contributed by atoms with van der Waals surface area (Å²) in [5.41, 5.74) is 1.30. The van der Waals surface area contributed by atoms with Crippen molar-refractivity contribution >= 4 is 33.2 Å². The zero-order valence-corrected chi connectivity index (χ0v) is 15.9. The van der Waals surface area contributed by atoms with Crippen LogP contribution in [0.15, 0.2) is 48.5 Å². The summed E-state index contributed by atoms with van der Waals surface area (Å²) in [5.74, 6) is -0.794. The van der Waals surface area contributed by atoms with Gasteiger partial charge in [0.2, 0.25) is 15.9 Å². The minimum Gasteiger partial charge on any atom is -0.354 e. The number of nitrogens with zero attached hydrogens (tertiary/aromatic N) is 1. The lowest BCUT2D eigenvalue weighted by Gasteiger charge is -2.22. The highest BCUT2D eigenvalue weighted by atomic mass is 35.5. The molecule has 8 heteroatoms. The van der Waals surface area contributed by atoms with Crippen LogP contribution in [0.2, 0.25) is 5.02 Å². The van der Waals surface area contributed by atoms with Gasteiger partial charge in [0.25, 0.3) is 0 Å². The molecule has 0 saturated heterocycles. The molecule has 2 aromatic carbocycles. The van der Waals surface area contributed by atoms with E-state index in [4.69, 9.17) is 11.6 Å². The number of rotatable bonds is 8. The molecule has 1 N–H and O–H groups in total. The fourth-order valence-electron chi connectivity index (χ4n) is 2.41. The normalized spacial score (nSPS) is 11.2. The minimum atomic E-state index is -3.60. The van der Waals surface area contributed by atoms with E-state index in [0.717, 1.165) is 22.2 Å². The van der Waals surface area contributed by atoms with Crippen molar-refractivity contribution in [1.82, 2.24) is 5.32 Å². The van der Waals surface area contributed by atoms with Gasteiger partial charge in [-0.1, -0.05) is 41.9 Å². The van der Waals surface area contributed by atoms with Crippen LogP contribution in [-0.2, 0) is 21.2 Å². The molecule has 5 nitrogen and oxygen atoms in total. The van der Waals surface area contributed by atoms with E-state index in [1.165, 1.54) is 12.1 Å². The number of carbonyl (C=O) groups is 1. The maximum Gasteiger partial charge on any atom is 0.232 e. The number of nitrogens with one attached hydrogen (secondary N) is 1. The Bertz CT molecular complexity index is 860. The number of sulfonamides is 1. The second-order valence-corrected chi connectivity index (χ2v) is 8.08. The second kappa shape index (κ2) is 9.00. The lowest BCUT2D eigenvalue weighted by molar-refractivity contribution is -0.120. The third-order valence-corrected chi connectivity index (χ3v) is 5.20. The molecule has 0 atom stereocenters. The summed E-state index contributed by atoms with van der Waals surface area (Å²) in [4.78, 5) is 11.9. The Kier molecular flexibility index (Phi) is 6.99. The molecular weight excluding hydrogens is 379 g/mol.